The minimum atomic E-state index is 0.795. The van der Waals surface area contributed by atoms with Gasteiger partial charge in [0.05, 0.1) is 0 Å². The Morgan fingerprint density at radius 1 is 1.11 bits per heavy atom. The average molecular weight is 273 g/mol. The quantitative estimate of drug-likeness (QED) is 0.646. The molecule has 0 aliphatic heterocycles. The lowest BCUT2D eigenvalue weighted by atomic mass is 10.2. The lowest BCUT2D eigenvalue weighted by molar-refractivity contribution is 0.669. The van der Waals surface area contributed by atoms with Crippen LogP contribution in [0.2, 0.25) is 0 Å². The van der Waals surface area contributed by atoms with E-state index in [9.17, 15) is 0 Å². The second-order valence-corrected chi connectivity index (χ2v) is 5.51. The molecule has 0 bridgehead atoms. The van der Waals surface area contributed by atoms with Crippen molar-refractivity contribution in [3.63, 3.8) is 0 Å². The van der Waals surface area contributed by atoms with Gasteiger partial charge in [0, 0.05) is 29.4 Å². The highest BCUT2D eigenvalue weighted by atomic mass is 32.2. The van der Waals surface area contributed by atoms with Crippen LogP contribution in [0.1, 0.15) is 24.5 Å². The smallest absolute Gasteiger partial charge is 0.192 e. The van der Waals surface area contributed by atoms with Crippen LogP contribution in [-0.2, 0) is 6.54 Å². The lowest BCUT2D eigenvalue weighted by Gasteiger charge is -2.04. The molecule has 0 spiro atoms. The zero-order chi connectivity index (χ0) is 13.5. The summed E-state index contributed by atoms with van der Waals surface area (Å²) in [6.45, 7) is 6.11. The summed E-state index contributed by atoms with van der Waals surface area (Å²) in [5, 5.41) is 4.13. The first-order valence-electron chi connectivity index (χ1n) is 6.54. The Labute approximate surface area is 118 Å². The van der Waals surface area contributed by atoms with Gasteiger partial charge in [-0.2, -0.15) is 0 Å². The highest BCUT2D eigenvalue weighted by Crippen LogP contribution is 2.24. The summed E-state index contributed by atoms with van der Waals surface area (Å²) in [5.41, 5.74) is 2.39. The maximum Gasteiger partial charge on any atom is 0.192 e. The molecule has 4 heteroatoms. The van der Waals surface area contributed by atoms with Crippen molar-refractivity contribution in [2.24, 2.45) is 0 Å². The topological polar surface area (TPSA) is 37.8 Å². The van der Waals surface area contributed by atoms with E-state index in [0.29, 0.717) is 0 Å². The van der Waals surface area contributed by atoms with E-state index in [4.69, 9.17) is 0 Å². The molecule has 0 radical (unpaired) electrons. The maximum atomic E-state index is 4.39. The van der Waals surface area contributed by atoms with Gasteiger partial charge in [0.25, 0.3) is 0 Å². The number of hydrogen-bond donors (Lipinski definition) is 1. The van der Waals surface area contributed by atoms with Crippen LogP contribution in [0.25, 0.3) is 0 Å². The van der Waals surface area contributed by atoms with Gasteiger partial charge < -0.3 is 5.32 Å². The van der Waals surface area contributed by atoms with E-state index in [1.807, 2.05) is 12.4 Å². The molecule has 1 heterocycles. The molecule has 2 aromatic rings. The van der Waals surface area contributed by atoms with Crippen LogP contribution >= 0.6 is 11.8 Å². The summed E-state index contributed by atoms with van der Waals surface area (Å²) in [4.78, 5) is 9.94. The first-order valence-corrected chi connectivity index (χ1v) is 7.35. The van der Waals surface area contributed by atoms with Gasteiger partial charge in [-0.25, -0.2) is 9.97 Å². The van der Waals surface area contributed by atoms with Gasteiger partial charge in [0.15, 0.2) is 5.16 Å². The van der Waals surface area contributed by atoms with E-state index in [2.05, 4.69) is 53.4 Å². The maximum absolute atomic E-state index is 4.39. The predicted molar refractivity (Wildman–Crippen MR) is 79.3 cm³/mol. The second-order valence-electron chi connectivity index (χ2n) is 4.47. The monoisotopic (exact) mass is 273 g/mol. The molecule has 0 fully saturated rings. The molecule has 0 amide bonds. The molecule has 1 N–H and O–H groups in total. The Morgan fingerprint density at radius 2 is 1.79 bits per heavy atom. The predicted octanol–water partition coefficient (Wildman–Crippen LogP) is 3.44. The molecule has 3 nitrogen and oxygen atoms in total. The van der Waals surface area contributed by atoms with Gasteiger partial charge in [-0.05, 0) is 43.8 Å². The van der Waals surface area contributed by atoms with Crippen molar-refractivity contribution in [1.82, 2.24) is 15.3 Å². The Morgan fingerprint density at radius 3 is 2.42 bits per heavy atom. The molecule has 2 rings (SSSR count). The molecule has 0 saturated heterocycles. The number of nitrogens with one attached hydrogen (secondary N) is 1. The van der Waals surface area contributed by atoms with Gasteiger partial charge in [-0.1, -0.05) is 24.6 Å². The van der Waals surface area contributed by atoms with Crippen molar-refractivity contribution in [3.05, 3.63) is 47.8 Å². The summed E-state index contributed by atoms with van der Waals surface area (Å²) in [5.74, 6) is 0. The number of aryl methyl sites for hydroxylation is 1. The molecular formula is C15H19N3S. The minimum Gasteiger partial charge on any atom is -0.313 e. The largest absolute Gasteiger partial charge is 0.313 e. The van der Waals surface area contributed by atoms with Gasteiger partial charge in [-0.15, -0.1) is 0 Å². The first-order chi connectivity index (χ1) is 9.28. The van der Waals surface area contributed by atoms with Gasteiger partial charge >= 0.3 is 0 Å². The fraction of sp³-hybridized carbons (Fsp3) is 0.333. The number of rotatable bonds is 6. The zero-order valence-electron chi connectivity index (χ0n) is 11.4. The molecule has 0 unspecified atom stereocenters. The summed E-state index contributed by atoms with van der Waals surface area (Å²) >= 11 is 1.59. The van der Waals surface area contributed by atoms with Crippen molar-refractivity contribution in [2.45, 2.75) is 36.9 Å². The fourth-order valence-electron chi connectivity index (χ4n) is 1.61. The average Bonchev–Trinajstić information content (AvgIpc) is 2.44. The van der Waals surface area contributed by atoms with E-state index >= 15 is 0 Å². The standard InChI is InChI=1S/C15H19N3S/c1-3-8-16-9-13-10-17-15(18-11-13)19-14-6-4-12(2)5-7-14/h4-7,10-11,16H,3,8-9H2,1-2H3. The third-order valence-electron chi connectivity index (χ3n) is 2.67. The van der Waals surface area contributed by atoms with Crippen LogP contribution < -0.4 is 5.32 Å². The number of benzene rings is 1. The van der Waals surface area contributed by atoms with Crippen molar-refractivity contribution in [2.75, 3.05) is 6.54 Å². The van der Waals surface area contributed by atoms with Crippen molar-refractivity contribution >= 4 is 11.8 Å². The van der Waals surface area contributed by atoms with Crippen molar-refractivity contribution in [1.29, 1.82) is 0 Å². The summed E-state index contributed by atoms with van der Waals surface area (Å²) in [7, 11) is 0. The van der Waals surface area contributed by atoms with E-state index in [1.54, 1.807) is 11.8 Å². The minimum absolute atomic E-state index is 0.795. The molecule has 0 saturated carbocycles. The van der Waals surface area contributed by atoms with E-state index in [1.165, 1.54) is 10.5 Å². The molecule has 0 atom stereocenters. The molecular weight excluding hydrogens is 254 g/mol. The third kappa shape index (κ3) is 4.65. The van der Waals surface area contributed by atoms with Crippen LogP contribution in [0.4, 0.5) is 0 Å². The molecule has 19 heavy (non-hydrogen) atoms. The highest BCUT2D eigenvalue weighted by molar-refractivity contribution is 7.99. The van der Waals surface area contributed by atoms with Gasteiger partial charge in [-0.3, -0.25) is 0 Å². The number of nitrogens with zero attached hydrogens (tertiary/aromatic N) is 2. The molecule has 1 aromatic carbocycles. The molecule has 1 aromatic heterocycles. The first kappa shape index (κ1) is 14.0. The summed E-state index contributed by atoms with van der Waals surface area (Å²) in [6, 6.07) is 8.40. The molecule has 0 aliphatic rings. The normalized spacial score (nSPS) is 10.6. The summed E-state index contributed by atoms with van der Waals surface area (Å²) < 4.78 is 0. The number of aromatic nitrogens is 2. The van der Waals surface area contributed by atoms with Crippen molar-refractivity contribution in [3.8, 4) is 0 Å². The van der Waals surface area contributed by atoms with E-state index < -0.39 is 0 Å². The zero-order valence-corrected chi connectivity index (χ0v) is 12.2. The second kappa shape index (κ2) is 7.26. The third-order valence-corrected chi connectivity index (χ3v) is 3.57. The van der Waals surface area contributed by atoms with Gasteiger partial charge in [0.1, 0.15) is 0 Å². The Hall–Kier alpha value is -1.39. The Balaban J connectivity index is 1.92. The van der Waals surface area contributed by atoms with Crippen LogP contribution in [0.15, 0.2) is 46.7 Å². The van der Waals surface area contributed by atoms with Crippen LogP contribution in [-0.4, -0.2) is 16.5 Å². The molecule has 100 valence electrons. The highest BCUT2D eigenvalue weighted by Gasteiger charge is 2.01. The Kier molecular flexibility index (Phi) is 5.36. The summed E-state index contributed by atoms with van der Waals surface area (Å²) in [6.07, 6.45) is 4.93. The molecule has 0 aliphatic carbocycles. The van der Waals surface area contributed by atoms with Gasteiger partial charge in [0.2, 0.25) is 0 Å². The van der Waals surface area contributed by atoms with Crippen molar-refractivity contribution < 1.29 is 0 Å². The van der Waals surface area contributed by atoms with Crippen LogP contribution in [0.3, 0.4) is 0 Å². The fourth-order valence-corrected chi connectivity index (χ4v) is 2.30. The Bertz CT molecular complexity index is 494. The number of hydrogen-bond acceptors (Lipinski definition) is 4. The van der Waals surface area contributed by atoms with E-state index in [0.717, 1.165) is 30.2 Å². The van der Waals surface area contributed by atoms with Crippen LogP contribution in [0.5, 0.6) is 0 Å². The van der Waals surface area contributed by atoms with Crippen LogP contribution in [0, 0.1) is 6.92 Å². The SMILES string of the molecule is CCCNCc1cnc(Sc2ccc(C)cc2)nc1. The van der Waals surface area contributed by atoms with E-state index in [-0.39, 0.29) is 0 Å². The lowest BCUT2D eigenvalue weighted by Crippen LogP contribution is -2.14.